The van der Waals surface area contributed by atoms with E-state index in [1.54, 1.807) is 27.7 Å². The van der Waals surface area contributed by atoms with Gasteiger partial charge in [0.2, 0.25) is 0 Å². The molecule has 0 aliphatic heterocycles. The smallest absolute Gasteiger partial charge is 0.306 e. The van der Waals surface area contributed by atoms with E-state index in [1.165, 1.54) is 0 Å². The maximum atomic E-state index is 12.8. The number of hydrogen-bond donors (Lipinski definition) is 1. The molecule has 0 bridgehead atoms. The van der Waals surface area contributed by atoms with Crippen molar-refractivity contribution >= 4 is 33.5 Å². The predicted octanol–water partition coefficient (Wildman–Crippen LogP) is 4.27. The van der Waals surface area contributed by atoms with E-state index in [4.69, 9.17) is 4.74 Å². The standard InChI is InChI=1S/C22H31BrO5/c1-11(2)15-9-14(7-8-16(15)24)28-17(25)10-22(5,6)18-12(3)21(27)19(23)13(4)20(18)26/h11,14-16,24H,7-10H2,1-6H3/t14?,15-,16?/m0/s1. The van der Waals surface area contributed by atoms with E-state index in [0.29, 0.717) is 41.9 Å². The monoisotopic (exact) mass is 454 g/mol. The lowest BCUT2D eigenvalue weighted by atomic mass is 9.72. The molecule has 5 nitrogen and oxygen atoms in total. The third kappa shape index (κ3) is 4.65. The molecular formula is C22H31BrO5. The first-order valence-corrected chi connectivity index (χ1v) is 10.7. The highest BCUT2D eigenvalue weighted by Gasteiger charge is 2.40. The molecule has 0 radical (unpaired) electrons. The fraction of sp³-hybridized carbons (Fsp3) is 0.682. The van der Waals surface area contributed by atoms with Gasteiger partial charge in [0.05, 0.1) is 17.0 Å². The summed E-state index contributed by atoms with van der Waals surface area (Å²) >= 11 is 3.20. The summed E-state index contributed by atoms with van der Waals surface area (Å²) in [6.45, 7) is 11.0. The molecule has 0 amide bonds. The van der Waals surface area contributed by atoms with Crippen molar-refractivity contribution in [2.75, 3.05) is 0 Å². The minimum Gasteiger partial charge on any atom is -0.462 e. The zero-order chi connectivity index (χ0) is 21.4. The number of ether oxygens (including phenoxy) is 1. The lowest BCUT2D eigenvalue weighted by molar-refractivity contribution is -0.155. The normalized spacial score (nSPS) is 27.0. The Morgan fingerprint density at radius 1 is 1.18 bits per heavy atom. The van der Waals surface area contributed by atoms with Crippen molar-refractivity contribution in [1.82, 2.24) is 0 Å². The Kier molecular flexibility index (Phi) is 7.08. The number of carbonyl (C=O) groups is 3. The number of aliphatic hydroxyl groups excluding tert-OH is 1. The van der Waals surface area contributed by atoms with Crippen molar-refractivity contribution in [3.05, 3.63) is 21.2 Å². The maximum Gasteiger partial charge on any atom is 0.306 e. The predicted molar refractivity (Wildman–Crippen MR) is 111 cm³/mol. The van der Waals surface area contributed by atoms with E-state index < -0.39 is 5.41 Å². The van der Waals surface area contributed by atoms with Gasteiger partial charge in [0, 0.05) is 22.1 Å². The van der Waals surface area contributed by atoms with Gasteiger partial charge >= 0.3 is 5.97 Å². The number of rotatable bonds is 5. The number of Topliss-reactive ketones (excluding diaryl/α,β-unsaturated/α-hetero) is 2. The molecule has 0 spiro atoms. The highest BCUT2D eigenvalue weighted by Crippen LogP contribution is 2.40. The molecule has 1 fully saturated rings. The SMILES string of the molecule is CC1=C(Br)C(=O)C(C)=C(C(C)(C)CC(=O)OC2CCC(O)[C@H](C(C)C)C2)C1=O. The molecule has 2 unspecified atom stereocenters. The number of ketones is 2. The fourth-order valence-corrected chi connectivity index (χ4v) is 4.85. The second-order valence-corrected chi connectivity index (χ2v) is 9.85. The van der Waals surface area contributed by atoms with Crippen molar-refractivity contribution in [1.29, 1.82) is 0 Å². The molecule has 1 N–H and O–H groups in total. The van der Waals surface area contributed by atoms with Gasteiger partial charge in [0.25, 0.3) is 0 Å². The average Bonchev–Trinajstić information content (AvgIpc) is 2.59. The lowest BCUT2D eigenvalue weighted by Gasteiger charge is -2.36. The molecule has 0 aromatic heterocycles. The molecule has 1 saturated carbocycles. The third-order valence-electron chi connectivity index (χ3n) is 6.04. The molecular weight excluding hydrogens is 424 g/mol. The van der Waals surface area contributed by atoms with Crippen molar-refractivity contribution < 1.29 is 24.2 Å². The molecule has 2 aliphatic rings. The number of aliphatic hydroxyl groups is 1. The van der Waals surface area contributed by atoms with E-state index >= 15 is 0 Å². The molecule has 0 saturated heterocycles. The zero-order valence-corrected chi connectivity index (χ0v) is 19.2. The van der Waals surface area contributed by atoms with Gasteiger partial charge in [-0.15, -0.1) is 0 Å². The number of halogens is 1. The number of hydrogen-bond acceptors (Lipinski definition) is 5. The summed E-state index contributed by atoms with van der Waals surface area (Å²) in [5, 5.41) is 10.2. The minimum atomic E-state index is -0.811. The fourth-order valence-electron chi connectivity index (χ4n) is 4.37. The summed E-state index contributed by atoms with van der Waals surface area (Å²) in [6, 6.07) is 0. The summed E-state index contributed by atoms with van der Waals surface area (Å²) in [7, 11) is 0. The van der Waals surface area contributed by atoms with Crippen molar-refractivity contribution in [3.63, 3.8) is 0 Å². The van der Waals surface area contributed by atoms with Crippen LogP contribution in [0.5, 0.6) is 0 Å². The Bertz CT molecular complexity index is 744. The van der Waals surface area contributed by atoms with Crippen LogP contribution in [0.1, 0.15) is 67.2 Å². The third-order valence-corrected chi connectivity index (χ3v) is 7.00. The van der Waals surface area contributed by atoms with E-state index in [9.17, 15) is 19.5 Å². The highest BCUT2D eigenvalue weighted by atomic mass is 79.9. The van der Waals surface area contributed by atoms with Crippen LogP contribution in [0.15, 0.2) is 21.2 Å². The largest absolute Gasteiger partial charge is 0.462 e. The quantitative estimate of drug-likeness (QED) is 0.495. The van der Waals surface area contributed by atoms with Crippen molar-refractivity contribution in [2.45, 2.75) is 79.4 Å². The summed E-state index contributed by atoms with van der Waals surface area (Å²) in [5.41, 5.74) is 0.317. The Labute approximate surface area is 175 Å². The molecule has 6 heteroatoms. The van der Waals surface area contributed by atoms with Crippen molar-refractivity contribution in [2.24, 2.45) is 17.3 Å². The highest BCUT2D eigenvalue weighted by molar-refractivity contribution is 9.12. The molecule has 3 atom stereocenters. The van der Waals surface area contributed by atoms with Crippen LogP contribution in [0.3, 0.4) is 0 Å². The first-order valence-electron chi connectivity index (χ1n) is 9.91. The van der Waals surface area contributed by atoms with E-state index in [2.05, 4.69) is 29.8 Å². The van der Waals surface area contributed by atoms with Crippen LogP contribution in [0.2, 0.25) is 0 Å². The van der Waals surface area contributed by atoms with Crippen LogP contribution < -0.4 is 0 Å². The summed E-state index contributed by atoms with van der Waals surface area (Å²) in [4.78, 5) is 37.8. The Balaban J connectivity index is 2.11. The number of esters is 1. The number of allylic oxidation sites excluding steroid dienone is 4. The number of carbonyl (C=O) groups excluding carboxylic acids is 3. The van der Waals surface area contributed by atoms with E-state index in [0.717, 1.165) is 0 Å². The summed E-state index contributed by atoms with van der Waals surface area (Å²) in [5.74, 6) is -0.357. The second-order valence-electron chi connectivity index (χ2n) is 9.06. The lowest BCUT2D eigenvalue weighted by Crippen LogP contribution is -2.38. The molecule has 156 valence electrons. The van der Waals surface area contributed by atoms with Gasteiger partial charge < -0.3 is 9.84 Å². The maximum absolute atomic E-state index is 12.8. The van der Waals surface area contributed by atoms with Crippen LogP contribution in [0.4, 0.5) is 0 Å². The van der Waals surface area contributed by atoms with Gasteiger partial charge in [-0.3, -0.25) is 14.4 Å². The molecule has 28 heavy (non-hydrogen) atoms. The molecule has 0 aromatic rings. The van der Waals surface area contributed by atoms with E-state index in [1.807, 2.05) is 0 Å². The van der Waals surface area contributed by atoms with Crippen LogP contribution in [-0.4, -0.2) is 34.9 Å². The molecule has 2 aliphatic carbocycles. The molecule has 0 heterocycles. The Morgan fingerprint density at radius 2 is 1.79 bits per heavy atom. The first kappa shape index (κ1) is 23.0. The van der Waals surface area contributed by atoms with Crippen LogP contribution in [0.25, 0.3) is 0 Å². The van der Waals surface area contributed by atoms with Gasteiger partial charge in [-0.1, -0.05) is 27.7 Å². The van der Waals surface area contributed by atoms with Gasteiger partial charge in [-0.25, -0.2) is 0 Å². The summed E-state index contributed by atoms with van der Waals surface area (Å²) < 4.78 is 5.99. The Hall–Kier alpha value is -1.27. The summed E-state index contributed by atoms with van der Waals surface area (Å²) in [6.07, 6.45) is 1.38. The topological polar surface area (TPSA) is 80.7 Å². The van der Waals surface area contributed by atoms with Gasteiger partial charge in [-0.2, -0.15) is 0 Å². The zero-order valence-electron chi connectivity index (χ0n) is 17.6. The average molecular weight is 455 g/mol. The van der Waals surface area contributed by atoms with Crippen LogP contribution >= 0.6 is 15.9 Å². The first-order chi connectivity index (χ1) is 12.9. The van der Waals surface area contributed by atoms with Crippen LogP contribution in [-0.2, 0) is 19.1 Å². The Morgan fingerprint density at radius 3 is 2.36 bits per heavy atom. The molecule has 0 aromatic carbocycles. The van der Waals surface area contributed by atoms with Gasteiger partial charge in [-0.05, 0) is 60.9 Å². The van der Waals surface area contributed by atoms with Gasteiger partial charge in [0.15, 0.2) is 11.6 Å². The molecule has 2 rings (SSSR count). The van der Waals surface area contributed by atoms with Crippen LogP contribution in [0, 0.1) is 17.3 Å². The van der Waals surface area contributed by atoms with E-state index in [-0.39, 0.29) is 46.6 Å². The second kappa shape index (κ2) is 8.62. The van der Waals surface area contributed by atoms with Gasteiger partial charge in [0.1, 0.15) is 6.10 Å². The minimum absolute atomic E-state index is 0.0228. The van der Waals surface area contributed by atoms with Crippen molar-refractivity contribution in [3.8, 4) is 0 Å².